The quantitative estimate of drug-likeness (QED) is 0.487. The van der Waals surface area contributed by atoms with Crippen LogP contribution in [-0.2, 0) is 9.53 Å². The molecule has 5 heteroatoms. The molecule has 0 heterocycles. The predicted molar refractivity (Wildman–Crippen MR) is 122 cm³/mol. The van der Waals surface area contributed by atoms with E-state index in [2.05, 4.69) is 5.32 Å². The van der Waals surface area contributed by atoms with Crippen molar-refractivity contribution in [3.8, 4) is 16.9 Å². The van der Waals surface area contributed by atoms with Gasteiger partial charge in [0, 0.05) is 5.69 Å². The van der Waals surface area contributed by atoms with Gasteiger partial charge in [0.25, 0.3) is 5.91 Å². The summed E-state index contributed by atoms with van der Waals surface area (Å²) >= 11 is 0. The lowest BCUT2D eigenvalue weighted by Crippen LogP contribution is -2.30. The zero-order valence-electron chi connectivity index (χ0n) is 18.0. The summed E-state index contributed by atoms with van der Waals surface area (Å²) in [5.41, 5.74) is 3.23. The van der Waals surface area contributed by atoms with Crippen LogP contribution in [0.1, 0.15) is 31.1 Å². The van der Waals surface area contributed by atoms with Gasteiger partial charge in [-0.05, 0) is 60.4 Å². The first-order valence-electron chi connectivity index (χ1n) is 10.3. The van der Waals surface area contributed by atoms with Crippen LogP contribution in [0, 0.1) is 5.92 Å². The van der Waals surface area contributed by atoms with Gasteiger partial charge in [-0.25, -0.2) is 4.79 Å². The number of ether oxygens (including phenoxy) is 2. The molecule has 3 aromatic carbocycles. The molecule has 0 bridgehead atoms. The summed E-state index contributed by atoms with van der Waals surface area (Å²) in [7, 11) is 0. The van der Waals surface area contributed by atoms with E-state index in [4.69, 9.17) is 9.47 Å². The third-order valence-electron chi connectivity index (χ3n) is 4.58. The molecule has 3 aromatic rings. The van der Waals surface area contributed by atoms with E-state index in [0.29, 0.717) is 23.6 Å². The second-order valence-electron chi connectivity index (χ2n) is 7.71. The number of rotatable bonds is 8. The van der Waals surface area contributed by atoms with Crippen LogP contribution in [0.5, 0.6) is 5.75 Å². The fourth-order valence-electron chi connectivity index (χ4n) is 2.87. The number of anilines is 1. The van der Waals surface area contributed by atoms with Crippen molar-refractivity contribution in [3.63, 3.8) is 0 Å². The van der Waals surface area contributed by atoms with Crippen molar-refractivity contribution < 1.29 is 19.1 Å². The van der Waals surface area contributed by atoms with Gasteiger partial charge in [-0.15, -0.1) is 0 Å². The zero-order valence-corrected chi connectivity index (χ0v) is 18.0. The first-order chi connectivity index (χ1) is 14.9. The second kappa shape index (κ2) is 10.4. The lowest BCUT2D eigenvalue weighted by molar-refractivity contribution is -0.122. The number of esters is 1. The molecule has 3 rings (SSSR count). The highest BCUT2D eigenvalue weighted by Gasteiger charge is 2.15. The standard InChI is InChI=1S/C26H27NO4/c1-18(2)17-30-26(29)22-9-13-23(14-10-22)27-25(28)19(3)31-24-15-11-21(12-16-24)20-7-5-4-6-8-20/h4-16,18-19H,17H2,1-3H3,(H,27,28). The minimum Gasteiger partial charge on any atom is -0.481 e. The number of hydrogen-bond donors (Lipinski definition) is 1. The Morgan fingerprint density at radius 3 is 2.03 bits per heavy atom. The van der Waals surface area contributed by atoms with Gasteiger partial charge < -0.3 is 14.8 Å². The van der Waals surface area contributed by atoms with E-state index in [9.17, 15) is 9.59 Å². The van der Waals surface area contributed by atoms with Gasteiger partial charge in [-0.3, -0.25) is 4.79 Å². The molecule has 0 aliphatic heterocycles. The van der Waals surface area contributed by atoms with E-state index >= 15 is 0 Å². The van der Waals surface area contributed by atoms with Crippen LogP contribution in [-0.4, -0.2) is 24.6 Å². The summed E-state index contributed by atoms with van der Waals surface area (Å²) in [6.07, 6.45) is -0.682. The fourth-order valence-corrected chi connectivity index (χ4v) is 2.87. The third-order valence-corrected chi connectivity index (χ3v) is 4.58. The summed E-state index contributed by atoms with van der Waals surface area (Å²) in [6, 6.07) is 24.3. The molecule has 31 heavy (non-hydrogen) atoms. The average molecular weight is 418 g/mol. The number of benzene rings is 3. The van der Waals surface area contributed by atoms with Crippen LogP contribution in [0.2, 0.25) is 0 Å². The Morgan fingerprint density at radius 2 is 1.42 bits per heavy atom. The summed E-state index contributed by atoms with van der Waals surface area (Å²) in [5, 5.41) is 2.80. The molecular weight excluding hydrogens is 390 g/mol. The Hall–Kier alpha value is -3.60. The molecule has 0 fully saturated rings. The van der Waals surface area contributed by atoms with Crippen molar-refractivity contribution in [1.82, 2.24) is 0 Å². The molecule has 1 atom stereocenters. The van der Waals surface area contributed by atoms with E-state index in [1.807, 2.05) is 68.4 Å². The Balaban J connectivity index is 1.54. The lowest BCUT2D eigenvalue weighted by Gasteiger charge is -2.15. The average Bonchev–Trinajstić information content (AvgIpc) is 2.79. The number of nitrogens with one attached hydrogen (secondary N) is 1. The Morgan fingerprint density at radius 1 is 0.806 bits per heavy atom. The van der Waals surface area contributed by atoms with Crippen molar-refractivity contribution in [2.24, 2.45) is 5.92 Å². The Kier molecular flexibility index (Phi) is 7.44. The maximum atomic E-state index is 12.5. The van der Waals surface area contributed by atoms with Crippen LogP contribution in [0.25, 0.3) is 11.1 Å². The normalized spacial score (nSPS) is 11.6. The summed E-state index contributed by atoms with van der Waals surface area (Å²) < 4.78 is 11.0. The molecule has 0 spiro atoms. The van der Waals surface area contributed by atoms with Gasteiger partial charge in [-0.2, -0.15) is 0 Å². The molecule has 0 aliphatic carbocycles. The molecule has 0 radical (unpaired) electrons. The van der Waals surface area contributed by atoms with Crippen molar-refractivity contribution >= 4 is 17.6 Å². The van der Waals surface area contributed by atoms with Gasteiger partial charge >= 0.3 is 5.97 Å². The molecule has 1 N–H and O–H groups in total. The van der Waals surface area contributed by atoms with Gasteiger partial charge in [-0.1, -0.05) is 56.3 Å². The number of amides is 1. The highest BCUT2D eigenvalue weighted by molar-refractivity contribution is 5.95. The molecule has 1 unspecified atom stereocenters. The minimum absolute atomic E-state index is 0.276. The fraction of sp³-hybridized carbons (Fsp3) is 0.231. The number of carbonyl (C=O) groups excluding carboxylic acids is 2. The van der Waals surface area contributed by atoms with E-state index < -0.39 is 6.10 Å². The Labute approximate surface area is 183 Å². The van der Waals surface area contributed by atoms with Crippen LogP contribution in [0.3, 0.4) is 0 Å². The van der Waals surface area contributed by atoms with Crippen LogP contribution in [0.4, 0.5) is 5.69 Å². The zero-order chi connectivity index (χ0) is 22.2. The van der Waals surface area contributed by atoms with Gasteiger partial charge in [0.15, 0.2) is 6.10 Å². The summed E-state index contributed by atoms with van der Waals surface area (Å²) in [4.78, 5) is 24.5. The van der Waals surface area contributed by atoms with E-state index in [1.54, 1.807) is 31.2 Å². The van der Waals surface area contributed by atoms with E-state index in [-0.39, 0.29) is 17.8 Å². The molecule has 5 nitrogen and oxygen atoms in total. The monoisotopic (exact) mass is 417 g/mol. The minimum atomic E-state index is -0.682. The predicted octanol–water partition coefficient (Wildman–Crippen LogP) is 5.57. The van der Waals surface area contributed by atoms with Crippen molar-refractivity contribution in [2.75, 3.05) is 11.9 Å². The first-order valence-corrected chi connectivity index (χ1v) is 10.3. The Bertz CT molecular complexity index is 996. The van der Waals surface area contributed by atoms with Crippen molar-refractivity contribution in [3.05, 3.63) is 84.4 Å². The van der Waals surface area contributed by atoms with Crippen molar-refractivity contribution in [1.29, 1.82) is 0 Å². The van der Waals surface area contributed by atoms with Gasteiger partial charge in [0.2, 0.25) is 0 Å². The lowest BCUT2D eigenvalue weighted by atomic mass is 10.1. The summed E-state index contributed by atoms with van der Waals surface area (Å²) in [6.45, 7) is 6.02. The first kappa shape index (κ1) is 22.1. The largest absolute Gasteiger partial charge is 0.481 e. The molecule has 0 saturated heterocycles. The summed E-state index contributed by atoms with van der Waals surface area (Å²) in [5.74, 6) is 0.244. The SMILES string of the molecule is CC(C)COC(=O)c1ccc(NC(=O)C(C)Oc2ccc(-c3ccccc3)cc2)cc1. The van der Waals surface area contributed by atoms with E-state index in [0.717, 1.165) is 11.1 Å². The molecule has 1 amide bonds. The number of hydrogen-bond acceptors (Lipinski definition) is 4. The van der Waals surface area contributed by atoms with Crippen LogP contribution >= 0.6 is 0 Å². The van der Waals surface area contributed by atoms with Crippen LogP contribution < -0.4 is 10.1 Å². The maximum absolute atomic E-state index is 12.5. The highest BCUT2D eigenvalue weighted by atomic mass is 16.5. The van der Waals surface area contributed by atoms with Crippen LogP contribution in [0.15, 0.2) is 78.9 Å². The van der Waals surface area contributed by atoms with Crippen molar-refractivity contribution in [2.45, 2.75) is 26.9 Å². The molecule has 0 aromatic heterocycles. The van der Waals surface area contributed by atoms with Gasteiger partial charge in [0.1, 0.15) is 5.75 Å². The third kappa shape index (κ3) is 6.44. The molecule has 0 aliphatic rings. The van der Waals surface area contributed by atoms with Gasteiger partial charge in [0.05, 0.1) is 12.2 Å². The van der Waals surface area contributed by atoms with E-state index in [1.165, 1.54) is 0 Å². The molecule has 160 valence electrons. The number of carbonyl (C=O) groups is 2. The smallest absolute Gasteiger partial charge is 0.338 e. The highest BCUT2D eigenvalue weighted by Crippen LogP contribution is 2.23. The topological polar surface area (TPSA) is 64.6 Å². The molecular formula is C26H27NO4. The molecule has 0 saturated carbocycles. The maximum Gasteiger partial charge on any atom is 0.338 e. The second-order valence-corrected chi connectivity index (χ2v) is 7.71.